The number of halogens is 2. The fourth-order valence-electron chi connectivity index (χ4n) is 2.03. The summed E-state index contributed by atoms with van der Waals surface area (Å²) in [5.74, 6) is 0.112. The molecule has 1 aromatic rings. The Hall–Kier alpha value is -0.540. The maximum atomic E-state index is 11.8. The highest BCUT2D eigenvalue weighted by Gasteiger charge is 2.28. The summed E-state index contributed by atoms with van der Waals surface area (Å²) in [6.45, 7) is 0.662. The second-order valence-electron chi connectivity index (χ2n) is 4.37. The van der Waals surface area contributed by atoms with E-state index in [0.29, 0.717) is 12.6 Å². The van der Waals surface area contributed by atoms with Crippen molar-refractivity contribution in [2.75, 3.05) is 5.88 Å². The predicted molar refractivity (Wildman–Crippen MR) is 73.1 cm³/mol. The van der Waals surface area contributed by atoms with Crippen molar-refractivity contribution in [3.63, 3.8) is 0 Å². The molecule has 17 heavy (non-hydrogen) atoms. The number of rotatable bonds is 4. The van der Waals surface area contributed by atoms with Crippen LogP contribution in [-0.4, -0.2) is 22.7 Å². The Morgan fingerprint density at radius 2 is 2.24 bits per heavy atom. The average Bonchev–Trinajstić information content (AvgIpc) is 2.25. The highest BCUT2D eigenvalue weighted by molar-refractivity contribution is 9.10. The molecular weight excluding hydrogens is 302 g/mol. The van der Waals surface area contributed by atoms with Crippen molar-refractivity contribution in [1.29, 1.82) is 0 Å². The summed E-state index contributed by atoms with van der Waals surface area (Å²) in [7, 11) is 0. The molecule has 0 atom stereocenters. The van der Waals surface area contributed by atoms with E-state index in [1.54, 1.807) is 0 Å². The van der Waals surface area contributed by atoms with Crippen molar-refractivity contribution >= 4 is 33.4 Å². The number of benzene rings is 1. The summed E-state index contributed by atoms with van der Waals surface area (Å²) in [6, 6.07) is 8.45. The highest BCUT2D eigenvalue weighted by atomic mass is 79.9. The predicted octanol–water partition coefficient (Wildman–Crippen LogP) is 3.57. The Morgan fingerprint density at radius 3 is 2.76 bits per heavy atom. The fraction of sp³-hybridized carbons (Fsp3) is 0.462. The topological polar surface area (TPSA) is 20.3 Å². The van der Waals surface area contributed by atoms with E-state index in [9.17, 15) is 4.79 Å². The summed E-state index contributed by atoms with van der Waals surface area (Å²) in [5, 5.41) is 0. The standard InChI is InChI=1S/C13H15BrClNO/c14-11-4-1-3-10(7-11)9-16(13(17)8-15)12-5-2-6-12/h1,3-4,7,12H,2,5-6,8-9H2. The van der Waals surface area contributed by atoms with Crippen molar-refractivity contribution in [1.82, 2.24) is 4.90 Å². The van der Waals surface area contributed by atoms with Crippen molar-refractivity contribution < 1.29 is 4.79 Å². The highest BCUT2D eigenvalue weighted by Crippen LogP contribution is 2.27. The van der Waals surface area contributed by atoms with Crippen LogP contribution in [0.4, 0.5) is 0 Å². The molecule has 92 valence electrons. The Labute approximate surface area is 115 Å². The van der Waals surface area contributed by atoms with E-state index in [-0.39, 0.29) is 11.8 Å². The zero-order valence-electron chi connectivity index (χ0n) is 9.53. The molecule has 0 spiro atoms. The quantitative estimate of drug-likeness (QED) is 0.778. The first-order valence-corrected chi connectivity index (χ1v) is 7.13. The molecule has 0 aliphatic heterocycles. The molecule has 1 amide bonds. The molecule has 1 fully saturated rings. The van der Waals surface area contributed by atoms with Crippen molar-refractivity contribution in [3.8, 4) is 0 Å². The van der Waals surface area contributed by atoms with Crippen LogP contribution >= 0.6 is 27.5 Å². The van der Waals surface area contributed by atoms with E-state index in [2.05, 4.69) is 15.9 Å². The van der Waals surface area contributed by atoms with E-state index >= 15 is 0 Å². The molecule has 1 aromatic carbocycles. The van der Waals surface area contributed by atoms with Crippen LogP contribution in [0.15, 0.2) is 28.7 Å². The second-order valence-corrected chi connectivity index (χ2v) is 5.55. The fourth-order valence-corrected chi connectivity index (χ4v) is 2.63. The molecular formula is C13H15BrClNO. The minimum Gasteiger partial charge on any atom is -0.334 e. The van der Waals surface area contributed by atoms with Crippen LogP contribution < -0.4 is 0 Å². The lowest BCUT2D eigenvalue weighted by atomic mass is 9.91. The largest absolute Gasteiger partial charge is 0.334 e. The lowest BCUT2D eigenvalue weighted by Gasteiger charge is -2.37. The van der Waals surface area contributed by atoms with Crippen LogP contribution in [0.1, 0.15) is 24.8 Å². The van der Waals surface area contributed by atoms with Gasteiger partial charge in [0.2, 0.25) is 5.91 Å². The molecule has 0 N–H and O–H groups in total. The molecule has 0 radical (unpaired) electrons. The number of alkyl halides is 1. The molecule has 1 saturated carbocycles. The van der Waals surface area contributed by atoms with Gasteiger partial charge in [0.25, 0.3) is 0 Å². The number of nitrogens with zero attached hydrogens (tertiary/aromatic N) is 1. The lowest BCUT2D eigenvalue weighted by molar-refractivity contribution is -0.133. The summed E-state index contributed by atoms with van der Waals surface area (Å²) in [4.78, 5) is 13.7. The molecule has 1 aliphatic carbocycles. The first-order valence-electron chi connectivity index (χ1n) is 5.80. The Morgan fingerprint density at radius 1 is 1.47 bits per heavy atom. The normalized spacial score (nSPS) is 15.4. The number of carbonyl (C=O) groups is 1. The molecule has 0 heterocycles. The van der Waals surface area contributed by atoms with Gasteiger partial charge in [-0.2, -0.15) is 0 Å². The third-order valence-electron chi connectivity index (χ3n) is 3.19. The number of carbonyl (C=O) groups excluding carboxylic acids is 1. The van der Waals surface area contributed by atoms with Gasteiger partial charge in [0.15, 0.2) is 0 Å². The molecule has 2 nitrogen and oxygen atoms in total. The van der Waals surface area contributed by atoms with E-state index in [0.717, 1.165) is 22.9 Å². The first-order chi connectivity index (χ1) is 8.20. The van der Waals surface area contributed by atoms with Crippen LogP contribution in [0.3, 0.4) is 0 Å². The van der Waals surface area contributed by atoms with Gasteiger partial charge in [-0.25, -0.2) is 0 Å². The maximum Gasteiger partial charge on any atom is 0.238 e. The van der Waals surface area contributed by atoms with Crippen LogP contribution in [0.25, 0.3) is 0 Å². The third kappa shape index (κ3) is 3.23. The van der Waals surface area contributed by atoms with Crippen LogP contribution in [0.5, 0.6) is 0 Å². The van der Waals surface area contributed by atoms with Gasteiger partial charge in [-0.05, 0) is 37.0 Å². The Kier molecular flexibility index (Phi) is 4.46. The van der Waals surface area contributed by atoms with Gasteiger partial charge in [-0.3, -0.25) is 4.79 Å². The van der Waals surface area contributed by atoms with Crippen LogP contribution in [-0.2, 0) is 11.3 Å². The molecule has 2 rings (SSSR count). The molecule has 0 aromatic heterocycles. The van der Waals surface area contributed by atoms with E-state index in [4.69, 9.17) is 11.6 Å². The van der Waals surface area contributed by atoms with E-state index < -0.39 is 0 Å². The van der Waals surface area contributed by atoms with Gasteiger partial charge >= 0.3 is 0 Å². The summed E-state index contributed by atoms with van der Waals surface area (Å²) in [5.41, 5.74) is 1.14. The molecule has 0 unspecified atom stereocenters. The maximum absolute atomic E-state index is 11.8. The molecule has 0 bridgehead atoms. The van der Waals surface area contributed by atoms with E-state index in [1.807, 2.05) is 29.2 Å². The third-order valence-corrected chi connectivity index (χ3v) is 3.91. The van der Waals surface area contributed by atoms with E-state index in [1.165, 1.54) is 6.42 Å². The number of hydrogen-bond acceptors (Lipinski definition) is 1. The Balaban J connectivity index is 2.08. The zero-order chi connectivity index (χ0) is 12.3. The SMILES string of the molecule is O=C(CCl)N(Cc1cccc(Br)c1)C1CCC1. The van der Waals surface area contributed by atoms with Gasteiger partial charge in [0.1, 0.15) is 5.88 Å². The summed E-state index contributed by atoms with van der Waals surface area (Å²) < 4.78 is 1.04. The summed E-state index contributed by atoms with van der Waals surface area (Å²) >= 11 is 9.11. The van der Waals surface area contributed by atoms with Gasteiger partial charge in [-0.1, -0.05) is 28.1 Å². The smallest absolute Gasteiger partial charge is 0.238 e. The average molecular weight is 317 g/mol. The van der Waals surface area contributed by atoms with Crippen molar-refractivity contribution in [2.45, 2.75) is 31.8 Å². The van der Waals surface area contributed by atoms with Gasteiger partial charge in [0.05, 0.1) is 0 Å². The van der Waals surface area contributed by atoms with Gasteiger partial charge < -0.3 is 4.90 Å². The van der Waals surface area contributed by atoms with Crippen LogP contribution in [0.2, 0.25) is 0 Å². The zero-order valence-corrected chi connectivity index (χ0v) is 11.9. The molecule has 4 heteroatoms. The minimum absolute atomic E-state index is 0.0383. The van der Waals surface area contributed by atoms with Crippen molar-refractivity contribution in [3.05, 3.63) is 34.3 Å². The first kappa shape index (κ1) is 12.9. The van der Waals surface area contributed by atoms with Crippen LogP contribution in [0, 0.1) is 0 Å². The number of hydrogen-bond donors (Lipinski definition) is 0. The van der Waals surface area contributed by atoms with Crippen molar-refractivity contribution in [2.24, 2.45) is 0 Å². The monoisotopic (exact) mass is 315 g/mol. The molecule has 1 aliphatic rings. The second kappa shape index (κ2) is 5.87. The Bertz CT molecular complexity index is 406. The van der Waals surface area contributed by atoms with Gasteiger partial charge in [-0.15, -0.1) is 11.6 Å². The molecule has 0 saturated heterocycles. The lowest BCUT2D eigenvalue weighted by Crippen LogP contribution is -2.44. The van der Waals surface area contributed by atoms with Gasteiger partial charge in [0, 0.05) is 17.1 Å². The number of amides is 1. The minimum atomic E-state index is 0.0383. The summed E-state index contributed by atoms with van der Waals surface area (Å²) in [6.07, 6.45) is 3.43.